The molecule has 7 heteroatoms. The van der Waals surface area contributed by atoms with Crippen molar-refractivity contribution in [2.75, 3.05) is 0 Å². The van der Waals surface area contributed by atoms with Crippen LogP contribution in [-0.2, 0) is 6.54 Å². The molecular formula is C16H15F2N3O2. The fourth-order valence-corrected chi connectivity index (χ4v) is 2.68. The van der Waals surface area contributed by atoms with E-state index in [0.29, 0.717) is 17.9 Å². The number of pyridine rings is 1. The summed E-state index contributed by atoms with van der Waals surface area (Å²) in [6.45, 7) is 4.12. The lowest BCUT2D eigenvalue weighted by Gasteiger charge is -2.09. The number of fused-ring (bicyclic) bond motifs is 1. The van der Waals surface area contributed by atoms with Crippen LogP contribution in [0.2, 0.25) is 0 Å². The number of H-pyrrole nitrogens is 1. The lowest BCUT2D eigenvalue weighted by Crippen LogP contribution is -2.08. The number of hydrogen-bond acceptors (Lipinski definition) is 3. The summed E-state index contributed by atoms with van der Waals surface area (Å²) in [6.07, 6.45) is 0.766. The second kappa shape index (κ2) is 5.49. The van der Waals surface area contributed by atoms with Gasteiger partial charge in [-0.2, -0.15) is 5.10 Å². The molecule has 0 fully saturated rings. The molecule has 0 radical (unpaired) electrons. The third-order valence-corrected chi connectivity index (χ3v) is 3.70. The van der Waals surface area contributed by atoms with Crippen molar-refractivity contribution in [2.24, 2.45) is 0 Å². The van der Waals surface area contributed by atoms with E-state index >= 15 is 0 Å². The molecule has 23 heavy (non-hydrogen) atoms. The number of aromatic amines is 1. The van der Waals surface area contributed by atoms with Crippen molar-refractivity contribution < 1.29 is 13.9 Å². The summed E-state index contributed by atoms with van der Waals surface area (Å²) >= 11 is 0. The molecule has 0 aliphatic carbocycles. The standard InChI is InChI=1S/C16H15F2N3O2/c1-3-7-21-16-11(8(2)20-21)14(22)15(23)13(19-16)12-9(17)5-4-6-10(12)18/h4-6,23H,3,7H2,1-2H3,(H,19,22). The molecule has 2 N–H and O–H groups in total. The van der Waals surface area contributed by atoms with Gasteiger partial charge in [-0.3, -0.25) is 4.79 Å². The van der Waals surface area contributed by atoms with E-state index in [-0.39, 0.29) is 11.1 Å². The molecule has 0 unspecified atom stereocenters. The molecule has 0 atom stereocenters. The fraction of sp³-hybridized carbons (Fsp3) is 0.250. The highest BCUT2D eigenvalue weighted by atomic mass is 19.1. The molecular weight excluding hydrogens is 304 g/mol. The molecule has 120 valence electrons. The number of rotatable bonds is 3. The van der Waals surface area contributed by atoms with Gasteiger partial charge in [0, 0.05) is 6.54 Å². The van der Waals surface area contributed by atoms with E-state index in [4.69, 9.17) is 0 Å². The molecule has 0 aliphatic rings. The molecule has 0 aliphatic heterocycles. The average molecular weight is 319 g/mol. The normalized spacial score (nSPS) is 11.3. The van der Waals surface area contributed by atoms with Gasteiger partial charge in [-0.1, -0.05) is 13.0 Å². The molecule has 0 saturated carbocycles. The number of aromatic hydroxyl groups is 1. The van der Waals surface area contributed by atoms with Crippen LogP contribution in [0.4, 0.5) is 8.78 Å². The van der Waals surface area contributed by atoms with Crippen LogP contribution in [0, 0.1) is 18.6 Å². The van der Waals surface area contributed by atoms with E-state index in [9.17, 15) is 18.7 Å². The van der Waals surface area contributed by atoms with E-state index < -0.39 is 28.4 Å². The van der Waals surface area contributed by atoms with Crippen molar-refractivity contribution in [3.05, 3.63) is 45.8 Å². The lowest BCUT2D eigenvalue weighted by molar-refractivity contribution is 0.469. The zero-order valence-corrected chi connectivity index (χ0v) is 12.7. The number of aryl methyl sites for hydroxylation is 2. The van der Waals surface area contributed by atoms with Gasteiger partial charge >= 0.3 is 0 Å². The van der Waals surface area contributed by atoms with Crippen molar-refractivity contribution >= 4 is 11.0 Å². The van der Waals surface area contributed by atoms with Gasteiger partial charge in [0.15, 0.2) is 5.75 Å². The van der Waals surface area contributed by atoms with Gasteiger partial charge in [-0.05, 0) is 25.5 Å². The quantitative estimate of drug-likeness (QED) is 0.779. The summed E-state index contributed by atoms with van der Waals surface area (Å²) in [5.74, 6) is -2.46. The van der Waals surface area contributed by atoms with Crippen LogP contribution < -0.4 is 5.43 Å². The predicted octanol–water partition coefficient (Wildman–Crippen LogP) is 3.09. The predicted molar refractivity (Wildman–Crippen MR) is 82.4 cm³/mol. The smallest absolute Gasteiger partial charge is 0.235 e. The average Bonchev–Trinajstić information content (AvgIpc) is 2.80. The van der Waals surface area contributed by atoms with E-state index in [0.717, 1.165) is 18.6 Å². The number of hydrogen-bond donors (Lipinski definition) is 2. The second-order valence-corrected chi connectivity index (χ2v) is 5.31. The molecule has 3 rings (SSSR count). The van der Waals surface area contributed by atoms with Crippen molar-refractivity contribution in [1.82, 2.24) is 14.8 Å². The number of aromatic nitrogens is 3. The third-order valence-electron chi connectivity index (χ3n) is 3.70. The Morgan fingerprint density at radius 2 is 1.96 bits per heavy atom. The van der Waals surface area contributed by atoms with Crippen LogP contribution in [0.15, 0.2) is 23.0 Å². The zero-order chi connectivity index (χ0) is 16.7. The van der Waals surface area contributed by atoms with Gasteiger partial charge < -0.3 is 10.1 Å². The van der Waals surface area contributed by atoms with Gasteiger partial charge in [0.25, 0.3) is 0 Å². The molecule has 3 aromatic rings. The largest absolute Gasteiger partial charge is 0.503 e. The van der Waals surface area contributed by atoms with E-state index in [2.05, 4.69) is 10.1 Å². The van der Waals surface area contributed by atoms with Crippen LogP contribution >= 0.6 is 0 Å². The Kier molecular flexibility index (Phi) is 3.63. The van der Waals surface area contributed by atoms with Crippen LogP contribution in [0.25, 0.3) is 22.3 Å². The van der Waals surface area contributed by atoms with E-state index in [1.54, 1.807) is 11.6 Å². The number of benzene rings is 1. The first-order valence-corrected chi connectivity index (χ1v) is 7.22. The first-order valence-electron chi connectivity index (χ1n) is 7.22. The number of nitrogens with one attached hydrogen (secondary N) is 1. The van der Waals surface area contributed by atoms with Gasteiger partial charge in [0.1, 0.15) is 17.3 Å². The Bertz CT molecular complexity index is 940. The maximum atomic E-state index is 14.0. The fourth-order valence-electron chi connectivity index (χ4n) is 2.68. The molecule has 0 amide bonds. The zero-order valence-electron chi connectivity index (χ0n) is 12.7. The van der Waals surface area contributed by atoms with Gasteiger partial charge in [0.05, 0.1) is 22.3 Å². The van der Waals surface area contributed by atoms with Gasteiger partial charge in [-0.15, -0.1) is 0 Å². The maximum absolute atomic E-state index is 14.0. The van der Waals surface area contributed by atoms with E-state index in [1.807, 2.05) is 6.92 Å². The Balaban J connectivity index is 2.41. The van der Waals surface area contributed by atoms with Crippen molar-refractivity contribution in [1.29, 1.82) is 0 Å². The molecule has 1 aromatic carbocycles. The minimum atomic E-state index is -0.867. The van der Waals surface area contributed by atoms with Crippen molar-refractivity contribution in [3.63, 3.8) is 0 Å². The van der Waals surface area contributed by atoms with Crippen molar-refractivity contribution in [3.8, 4) is 17.0 Å². The molecule has 0 spiro atoms. The first-order chi connectivity index (χ1) is 11.0. The van der Waals surface area contributed by atoms with Gasteiger partial charge in [0.2, 0.25) is 5.43 Å². The topological polar surface area (TPSA) is 70.9 Å². The Morgan fingerprint density at radius 1 is 1.30 bits per heavy atom. The Morgan fingerprint density at radius 3 is 2.57 bits per heavy atom. The van der Waals surface area contributed by atoms with E-state index in [1.165, 1.54) is 6.07 Å². The van der Waals surface area contributed by atoms with Crippen LogP contribution in [-0.4, -0.2) is 19.9 Å². The van der Waals surface area contributed by atoms with Gasteiger partial charge in [-0.25, -0.2) is 13.5 Å². The maximum Gasteiger partial charge on any atom is 0.235 e. The SMILES string of the molecule is CCCn1nc(C)c2c(=O)c(O)c(-c3c(F)cccc3F)[nH]c21. The Labute approximate surface area is 130 Å². The summed E-state index contributed by atoms with van der Waals surface area (Å²) in [7, 11) is 0. The second-order valence-electron chi connectivity index (χ2n) is 5.31. The monoisotopic (exact) mass is 319 g/mol. The Hall–Kier alpha value is -2.70. The van der Waals surface area contributed by atoms with Crippen molar-refractivity contribution in [2.45, 2.75) is 26.8 Å². The highest BCUT2D eigenvalue weighted by Crippen LogP contribution is 2.31. The van der Waals surface area contributed by atoms with Crippen LogP contribution in [0.1, 0.15) is 19.0 Å². The number of nitrogens with zero attached hydrogens (tertiary/aromatic N) is 2. The van der Waals surface area contributed by atoms with Crippen LogP contribution in [0.3, 0.4) is 0 Å². The summed E-state index contributed by atoms with van der Waals surface area (Å²) in [6, 6.07) is 3.34. The molecule has 5 nitrogen and oxygen atoms in total. The minimum absolute atomic E-state index is 0.219. The first kappa shape index (κ1) is 15.2. The molecule has 2 aromatic heterocycles. The highest BCUT2D eigenvalue weighted by Gasteiger charge is 2.22. The molecule has 0 bridgehead atoms. The lowest BCUT2D eigenvalue weighted by atomic mass is 10.1. The molecule has 2 heterocycles. The minimum Gasteiger partial charge on any atom is -0.503 e. The summed E-state index contributed by atoms with van der Waals surface area (Å²) in [5, 5.41) is 14.6. The highest BCUT2D eigenvalue weighted by molar-refractivity contribution is 5.84. The summed E-state index contributed by atoms with van der Waals surface area (Å²) < 4.78 is 29.6. The third kappa shape index (κ3) is 2.28. The number of halogens is 2. The summed E-state index contributed by atoms with van der Waals surface area (Å²) in [5.41, 5.74) is -0.659. The van der Waals surface area contributed by atoms with Crippen LogP contribution in [0.5, 0.6) is 5.75 Å². The summed E-state index contributed by atoms with van der Waals surface area (Å²) in [4.78, 5) is 15.2. The molecule has 0 saturated heterocycles.